The number of phenolic OH excluding ortho intramolecular Hbond substituents is 1. The Bertz CT molecular complexity index is 277. The van der Waals surface area contributed by atoms with Crippen molar-refractivity contribution in [2.45, 2.75) is 20.0 Å². The molecule has 0 radical (unpaired) electrons. The van der Waals surface area contributed by atoms with Crippen LogP contribution in [0.5, 0.6) is 5.75 Å². The topological polar surface area (TPSA) is 46.5 Å². The van der Waals surface area contributed by atoms with Gasteiger partial charge in [0.1, 0.15) is 12.4 Å². The summed E-state index contributed by atoms with van der Waals surface area (Å²) in [6, 6.07) is 6.57. The van der Waals surface area contributed by atoms with E-state index in [9.17, 15) is 4.79 Å². The summed E-state index contributed by atoms with van der Waals surface area (Å²) >= 11 is 0. The predicted molar refractivity (Wildman–Crippen MR) is 48.2 cm³/mol. The van der Waals surface area contributed by atoms with Crippen LogP contribution in [0, 0.1) is 0 Å². The predicted octanol–water partition coefficient (Wildman–Crippen LogP) is 1.85. The number of carbonyl (C=O) groups is 1. The van der Waals surface area contributed by atoms with E-state index in [2.05, 4.69) is 0 Å². The number of rotatable bonds is 3. The third-order valence-electron chi connectivity index (χ3n) is 1.62. The first kappa shape index (κ1) is 9.58. The van der Waals surface area contributed by atoms with E-state index in [-0.39, 0.29) is 18.3 Å². The van der Waals surface area contributed by atoms with E-state index < -0.39 is 0 Å². The van der Waals surface area contributed by atoms with Gasteiger partial charge in [-0.15, -0.1) is 0 Å². The van der Waals surface area contributed by atoms with Crippen LogP contribution >= 0.6 is 0 Å². The average Bonchev–Trinajstić information content (AvgIpc) is 2.16. The minimum atomic E-state index is -0.215. The fourth-order valence-electron chi connectivity index (χ4n) is 0.858. The van der Waals surface area contributed by atoms with Crippen molar-refractivity contribution >= 4 is 5.97 Å². The Morgan fingerprint density at radius 3 is 2.54 bits per heavy atom. The molecular formula is C10H12O3. The molecule has 0 heterocycles. The summed E-state index contributed by atoms with van der Waals surface area (Å²) < 4.78 is 4.90. The molecule has 70 valence electrons. The SMILES string of the molecule is CCC(=O)OCc1ccc(O)cc1. The maximum absolute atomic E-state index is 10.8. The van der Waals surface area contributed by atoms with Gasteiger partial charge in [-0.25, -0.2) is 0 Å². The third-order valence-corrected chi connectivity index (χ3v) is 1.62. The fraction of sp³-hybridized carbons (Fsp3) is 0.300. The second-order valence-electron chi connectivity index (χ2n) is 2.68. The van der Waals surface area contributed by atoms with E-state index in [1.165, 1.54) is 0 Å². The van der Waals surface area contributed by atoms with E-state index in [0.29, 0.717) is 6.42 Å². The Morgan fingerprint density at radius 2 is 2.00 bits per heavy atom. The van der Waals surface area contributed by atoms with Gasteiger partial charge in [0.25, 0.3) is 0 Å². The zero-order valence-electron chi connectivity index (χ0n) is 7.49. The Labute approximate surface area is 77.0 Å². The number of phenols is 1. The van der Waals surface area contributed by atoms with Gasteiger partial charge in [0.15, 0.2) is 0 Å². The molecule has 0 spiro atoms. The summed E-state index contributed by atoms with van der Waals surface area (Å²) in [5, 5.41) is 8.97. The molecule has 0 saturated heterocycles. The molecule has 0 bridgehead atoms. The number of hydrogen-bond donors (Lipinski definition) is 1. The summed E-state index contributed by atoms with van der Waals surface area (Å²) in [5.41, 5.74) is 0.875. The zero-order chi connectivity index (χ0) is 9.68. The normalized spacial score (nSPS) is 9.62. The molecule has 0 aromatic heterocycles. The van der Waals surface area contributed by atoms with Crippen molar-refractivity contribution in [2.24, 2.45) is 0 Å². The second kappa shape index (κ2) is 4.50. The number of esters is 1. The molecule has 0 atom stereocenters. The van der Waals surface area contributed by atoms with E-state index >= 15 is 0 Å². The molecular weight excluding hydrogens is 168 g/mol. The summed E-state index contributed by atoms with van der Waals surface area (Å²) in [4.78, 5) is 10.8. The van der Waals surface area contributed by atoms with Crippen molar-refractivity contribution < 1.29 is 14.6 Å². The largest absolute Gasteiger partial charge is 0.508 e. The summed E-state index contributed by atoms with van der Waals surface area (Å²) in [6.07, 6.45) is 0.387. The standard InChI is InChI=1S/C10H12O3/c1-2-10(12)13-7-8-3-5-9(11)6-4-8/h3-6,11H,2,7H2,1H3. The first-order valence-electron chi connectivity index (χ1n) is 4.16. The van der Waals surface area contributed by atoms with Crippen molar-refractivity contribution in [2.75, 3.05) is 0 Å². The van der Waals surface area contributed by atoms with Gasteiger partial charge in [0.05, 0.1) is 0 Å². The maximum atomic E-state index is 10.8. The monoisotopic (exact) mass is 180 g/mol. The molecule has 0 aliphatic heterocycles. The van der Waals surface area contributed by atoms with Gasteiger partial charge in [-0.3, -0.25) is 4.79 Å². The quantitative estimate of drug-likeness (QED) is 0.722. The van der Waals surface area contributed by atoms with Crippen LogP contribution < -0.4 is 0 Å². The highest BCUT2D eigenvalue weighted by atomic mass is 16.5. The second-order valence-corrected chi connectivity index (χ2v) is 2.68. The maximum Gasteiger partial charge on any atom is 0.305 e. The lowest BCUT2D eigenvalue weighted by Crippen LogP contribution is -2.01. The van der Waals surface area contributed by atoms with Gasteiger partial charge in [0.2, 0.25) is 0 Å². The van der Waals surface area contributed by atoms with Crippen LogP contribution in [0.25, 0.3) is 0 Å². The lowest BCUT2D eigenvalue weighted by Gasteiger charge is -2.02. The van der Waals surface area contributed by atoms with Gasteiger partial charge in [-0.2, -0.15) is 0 Å². The van der Waals surface area contributed by atoms with Gasteiger partial charge >= 0.3 is 5.97 Å². The Kier molecular flexibility index (Phi) is 3.31. The van der Waals surface area contributed by atoms with Crippen LogP contribution in [0.4, 0.5) is 0 Å². The molecule has 0 fully saturated rings. The molecule has 0 aliphatic carbocycles. The van der Waals surface area contributed by atoms with Crippen molar-refractivity contribution in [1.82, 2.24) is 0 Å². The molecule has 1 rings (SSSR count). The number of benzene rings is 1. The number of carbonyl (C=O) groups excluding carboxylic acids is 1. The van der Waals surface area contributed by atoms with Crippen molar-refractivity contribution in [1.29, 1.82) is 0 Å². The van der Waals surface area contributed by atoms with Crippen molar-refractivity contribution in [3.63, 3.8) is 0 Å². The number of ether oxygens (including phenoxy) is 1. The smallest absolute Gasteiger partial charge is 0.305 e. The summed E-state index contributed by atoms with van der Waals surface area (Å²) in [5.74, 6) is -0.00126. The van der Waals surface area contributed by atoms with E-state index in [1.807, 2.05) is 0 Å². The fourth-order valence-corrected chi connectivity index (χ4v) is 0.858. The minimum Gasteiger partial charge on any atom is -0.508 e. The molecule has 1 aromatic carbocycles. The highest BCUT2D eigenvalue weighted by Gasteiger charge is 1.98. The molecule has 0 amide bonds. The van der Waals surface area contributed by atoms with Crippen LogP contribution in [0.15, 0.2) is 24.3 Å². The molecule has 0 saturated carbocycles. The minimum absolute atomic E-state index is 0.213. The highest BCUT2D eigenvalue weighted by Crippen LogP contribution is 2.10. The summed E-state index contributed by atoms with van der Waals surface area (Å²) in [7, 11) is 0. The van der Waals surface area contributed by atoms with Crippen LogP contribution in [-0.2, 0) is 16.1 Å². The number of hydrogen-bond acceptors (Lipinski definition) is 3. The first-order valence-corrected chi connectivity index (χ1v) is 4.16. The van der Waals surface area contributed by atoms with Crippen molar-refractivity contribution in [3.05, 3.63) is 29.8 Å². The third kappa shape index (κ3) is 3.15. The van der Waals surface area contributed by atoms with Gasteiger partial charge in [-0.1, -0.05) is 19.1 Å². The Hall–Kier alpha value is -1.51. The lowest BCUT2D eigenvalue weighted by molar-refractivity contribution is -0.144. The molecule has 1 aromatic rings. The molecule has 13 heavy (non-hydrogen) atoms. The van der Waals surface area contributed by atoms with E-state index in [0.717, 1.165) is 5.56 Å². The van der Waals surface area contributed by atoms with Crippen LogP contribution in [0.2, 0.25) is 0 Å². The molecule has 1 N–H and O–H groups in total. The molecule has 0 unspecified atom stereocenters. The van der Waals surface area contributed by atoms with Gasteiger partial charge < -0.3 is 9.84 Å². The van der Waals surface area contributed by atoms with Crippen LogP contribution in [0.1, 0.15) is 18.9 Å². The summed E-state index contributed by atoms with van der Waals surface area (Å²) in [6.45, 7) is 2.02. The van der Waals surface area contributed by atoms with Crippen LogP contribution in [0.3, 0.4) is 0 Å². The van der Waals surface area contributed by atoms with Gasteiger partial charge in [0, 0.05) is 6.42 Å². The Morgan fingerprint density at radius 1 is 1.38 bits per heavy atom. The average molecular weight is 180 g/mol. The van der Waals surface area contributed by atoms with E-state index in [1.54, 1.807) is 31.2 Å². The first-order chi connectivity index (χ1) is 6.22. The van der Waals surface area contributed by atoms with Gasteiger partial charge in [-0.05, 0) is 17.7 Å². The van der Waals surface area contributed by atoms with E-state index in [4.69, 9.17) is 9.84 Å². The van der Waals surface area contributed by atoms with Crippen molar-refractivity contribution in [3.8, 4) is 5.75 Å². The number of aromatic hydroxyl groups is 1. The molecule has 0 aliphatic rings. The van der Waals surface area contributed by atoms with Crippen LogP contribution in [-0.4, -0.2) is 11.1 Å². The highest BCUT2D eigenvalue weighted by molar-refractivity contribution is 5.68. The molecule has 3 nitrogen and oxygen atoms in total. The Balaban J connectivity index is 2.46. The molecule has 3 heteroatoms. The lowest BCUT2D eigenvalue weighted by atomic mass is 10.2. The zero-order valence-corrected chi connectivity index (χ0v) is 7.49.